The van der Waals surface area contributed by atoms with Crippen LogP contribution in [0.5, 0.6) is 0 Å². The minimum atomic E-state index is 0.718. The second-order valence-corrected chi connectivity index (χ2v) is 6.10. The highest BCUT2D eigenvalue weighted by atomic mass is 35.5. The second-order valence-electron chi connectivity index (χ2n) is 5.67. The van der Waals surface area contributed by atoms with Crippen LogP contribution < -0.4 is 0 Å². The van der Waals surface area contributed by atoms with E-state index in [2.05, 4.69) is 48.6 Å². The van der Waals surface area contributed by atoms with Gasteiger partial charge in [0.1, 0.15) is 6.33 Å². The van der Waals surface area contributed by atoms with Crippen molar-refractivity contribution in [3.05, 3.63) is 66.0 Å². The molecule has 0 aliphatic rings. The van der Waals surface area contributed by atoms with Crippen molar-refractivity contribution in [1.29, 1.82) is 0 Å². The average molecular weight is 326 g/mol. The lowest BCUT2D eigenvalue weighted by Crippen LogP contribution is -2.16. The normalized spacial score (nSPS) is 10.9. The summed E-state index contributed by atoms with van der Waals surface area (Å²) in [5.74, 6) is 0. The van der Waals surface area contributed by atoms with Crippen molar-refractivity contribution in [2.75, 3.05) is 13.6 Å². The molecule has 0 saturated heterocycles. The van der Waals surface area contributed by atoms with Crippen molar-refractivity contribution in [2.45, 2.75) is 13.3 Å². The van der Waals surface area contributed by atoms with Gasteiger partial charge in [0.25, 0.3) is 0 Å². The molecular formula is C19H20ClN3. The summed E-state index contributed by atoms with van der Waals surface area (Å²) in [5.41, 5.74) is 5.14. The van der Waals surface area contributed by atoms with E-state index in [1.54, 1.807) is 0 Å². The van der Waals surface area contributed by atoms with Crippen LogP contribution in [-0.2, 0) is 0 Å². The van der Waals surface area contributed by atoms with E-state index in [4.69, 9.17) is 11.6 Å². The Kier molecular flexibility index (Phi) is 4.39. The lowest BCUT2D eigenvalue weighted by atomic mass is 10.1. The van der Waals surface area contributed by atoms with Crippen molar-refractivity contribution in [2.24, 2.45) is 0 Å². The first-order valence-corrected chi connectivity index (χ1v) is 8.11. The summed E-state index contributed by atoms with van der Waals surface area (Å²) in [6.07, 6.45) is 2.93. The Balaban J connectivity index is 1.99. The van der Waals surface area contributed by atoms with E-state index in [0.29, 0.717) is 0 Å². The minimum Gasteiger partial charge on any atom is -0.375 e. The van der Waals surface area contributed by atoms with E-state index in [0.717, 1.165) is 46.0 Å². The van der Waals surface area contributed by atoms with E-state index in [9.17, 15) is 0 Å². The first-order valence-electron chi connectivity index (χ1n) is 7.73. The average Bonchev–Trinajstić information content (AvgIpc) is 2.97. The maximum atomic E-state index is 6.09. The highest BCUT2D eigenvalue weighted by molar-refractivity contribution is 6.30. The van der Waals surface area contributed by atoms with Gasteiger partial charge in [-0.1, -0.05) is 37.2 Å². The molecule has 0 bridgehead atoms. The van der Waals surface area contributed by atoms with E-state index >= 15 is 0 Å². The van der Waals surface area contributed by atoms with E-state index < -0.39 is 0 Å². The fourth-order valence-corrected chi connectivity index (χ4v) is 2.90. The van der Waals surface area contributed by atoms with Crippen LogP contribution >= 0.6 is 11.6 Å². The number of fused-ring (bicyclic) bond motifs is 1. The molecule has 0 fully saturated rings. The largest absolute Gasteiger partial charge is 0.375 e. The molecule has 3 rings (SSSR count). The quantitative estimate of drug-likeness (QED) is 0.659. The lowest BCUT2D eigenvalue weighted by Gasteiger charge is -2.21. The van der Waals surface area contributed by atoms with E-state index in [1.165, 1.54) is 0 Å². The molecule has 118 valence electrons. The van der Waals surface area contributed by atoms with Crippen LogP contribution in [0.3, 0.4) is 0 Å². The number of hydrogen-bond acceptors (Lipinski definition) is 2. The van der Waals surface area contributed by atoms with Crippen molar-refractivity contribution in [3.8, 4) is 5.69 Å². The van der Waals surface area contributed by atoms with Gasteiger partial charge in [-0.05, 0) is 42.3 Å². The number of nitrogens with zero attached hydrogens (tertiary/aromatic N) is 3. The predicted octanol–water partition coefficient (Wildman–Crippen LogP) is 4.99. The molecule has 2 aromatic carbocycles. The van der Waals surface area contributed by atoms with Crippen LogP contribution in [0.25, 0.3) is 22.4 Å². The number of rotatable bonds is 5. The zero-order chi connectivity index (χ0) is 16.4. The molecule has 0 radical (unpaired) electrons. The van der Waals surface area contributed by atoms with Crippen LogP contribution in [0.15, 0.2) is 55.4 Å². The molecule has 23 heavy (non-hydrogen) atoms. The number of halogens is 1. The van der Waals surface area contributed by atoms with Crippen LogP contribution in [0.4, 0.5) is 0 Å². The molecule has 3 nitrogen and oxygen atoms in total. The molecule has 0 aliphatic heterocycles. The van der Waals surface area contributed by atoms with Crippen LogP contribution in [0, 0.1) is 0 Å². The lowest BCUT2D eigenvalue weighted by molar-refractivity contribution is 0.478. The van der Waals surface area contributed by atoms with Gasteiger partial charge in [0.15, 0.2) is 0 Å². The van der Waals surface area contributed by atoms with Crippen LogP contribution in [0.1, 0.15) is 18.9 Å². The summed E-state index contributed by atoms with van der Waals surface area (Å²) < 4.78 is 2.05. The van der Waals surface area contributed by atoms with E-state index in [1.807, 2.05) is 35.2 Å². The summed E-state index contributed by atoms with van der Waals surface area (Å²) in [7, 11) is 2.07. The highest BCUT2D eigenvalue weighted by Gasteiger charge is 2.09. The van der Waals surface area contributed by atoms with Crippen molar-refractivity contribution >= 4 is 28.3 Å². The Labute approximate surface area is 141 Å². The zero-order valence-electron chi connectivity index (χ0n) is 13.5. The van der Waals surface area contributed by atoms with Crippen molar-refractivity contribution < 1.29 is 0 Å². The van der Waals surface area contributed by atoms with Gasteiger partial charge >= 0.3 is 0 Å². The monoisotopic (exact) mass is 325 g/mol. The maximum Gasteiger partial charge on any atom is 0.100 e. The Hall–Kier alpha value is -2.26. The molecule has 0 unspecified atom stereocenters. The standard InChI is InChI=1S/C19H20ClN3/c1-4-10-22(3)14(2)15-8-9-19-18(11-15)21-13-23(19)17-7-5-6-16(20)12-17/h5-9,11-13H,2,4,10H2,1,3H3. The molecule has 0 atom stereocenters. The third-order valence-electron chi connectivity index (χ3n) is 3.99. The van der Waals surface area contributed by atoms with Crippen LogP contribution in [-0.4, -0.2) is 28.0 Å². The fraction of sp³-hybridized carbons (Fsp3) is 0.211. The fourth-order valence-electron chi connectivity index (χ4n) is 2.71. The third kappa shape index (κ3) is 3.10. The Bertz CT molecular complexity index is 851. The van der Waals surface area contributed by atoms with Gasteiger partial charge in [-0.15, -0.1) is 0 Å². The van der Waals surface area contributed by atoms with Crippen LogP contribution in [0.2, 0.25) is 5.02 Å². The molecule has 1 heterocycles. The van der Waals surface area contributed by atoms with Gasteiger partial charge in [0.05, 0.1) is 11.0 Å². The second kappa shape index (κ2) is 6.47. The number of aromatic nitrogens is 2. The SMILES string of the molecule is C=C(c1ccc2c(c1)ncn2-c1cccc(Cl)c1)N(C)CCC. The van der Waals surface area contributed by atoms with Gasteiger partial charge < -0.3 is 4.90 Å². The van der Waals surface area contributed by atoms with Gasteiger partial charge in [0, 0.05) is 30.0 Å². The maximum absolute atomic E-state index is 6.09. The third-order valence-corrected chi connectivity index (χ3v) is 4.22. The van der Waals surface area contributed by atoms with E-state index in [-0.39, 0.29) is 0 Å². The summed E-state index contributed by atoms with van der Waals surface area (Å²) >= 11 is 6.09. The molecule has 0 amide bonds. The molecular weight excluding hydrogens is 306 g/mol. The van der Waals surface area contributed by atoms with Gasteiger partial charge in [-0.2, -0.15) is 0 Å². The summed E-state index contributed by atoms with van der Waals surface area (Å²) in [6, 6.07) is 14.0. The summed E-state index contributed by atoms with van der Waals surface area (Å²) in [6.45, 7) is 7.36. The Morgan fingerprint density at radius 1 is 1.26 bits per heavy atom. The molecule has 4 heteroatoms. The Morgan fingerprint density at radius 2 is 2.09 bits per heavy atom. The topological polar surface area (TPSA) is 21.1 Å². The number of benzene rings is 2. The zero-order valence-corrected chi connectivity index (χ0v) is 14.2. The smallest absolute Gasteiger partial charge is 0.100 e. The van der Waals surface area contributed by atoms with Crippen molar-refractivity contribution in [3.63, 3.8) is 0 Å². The first-order chi connectivity index (χ1) is 11.1. The number of imidazole rings is 1. The summed E-state index contributed by atoms with van der Waals surface area (Å²) in [5, 5.41) is 0.718. The van der Waals surface area contributed by atoms with Crippen molar-refractivity contribution in [1.82, 2.24) is 14.5 Å². The first kappa shape index (κ1) is 15.6. The predicted molar refractivity (Wildman–Crippen MR) is 98.0 cm³/mol. The van der Waals surface area contributed by atoms with Gasteiger partial charge in [-0.25, -0.2) is 4.98 Å². The van der Waals surface area contributed by atoms with Gasteiger partial charge in [0.2, 0.25) is 0 Å². The summed E-state index contributed by atoms with van der Waals surface area (Å²) in [4.78, 5) is 6.71. The highest BCUT2D eigenvalue weighted by Crippen LogP contribution is 2.24. The molecule has 0 saturated carbocycles. The number of hydrogen-bond donors (Lipinski definition) is 0. The molecule has 0 N–H and O–H groups in total. The Morgan fingerprint density at radius 3 is 2.83 bits per heavy atom. The minimum absolute atomic E-state index is 0.718. The molecule has 0 aliphatic carbocycles. The van der Waals surface area contributed by atoms with Gasteiger partial charge in [-0.3, -0.25) is 4.57 Å². The molecule has 1 aromatic heterocycles. The molecule has 0 spiro atoms. The molecule has 3 aromatic rings.